The van der Waals surface area contributed by atoms with E-state index < -0.39 is 0 Å². The average molecular weight is 294 g/mol. The van der Waals surface area contributed by atoms with Gasteiger partial charge in [0.15, 0.2) is 12.6 Å². The average Bonchev–Trinajstić information content (AvgIpc) is 3.05. The number of aromatic amines is 1. The Kier molecular flexibility index (Phi) is 3.67. The van der Waals surface area contributed by atoms with E-state index >= 15 is 0 Å². The van der Waals surface area contributed by atoms with E-state index in [1.807, 2.05) is 37.4 Å². The van der Waals surface area contributed by atoms with Crippen LogP contribution in [-0.2, 0) is 13.0 Å². The Morgan fingerprint density at radius 1 is 1.18 bits per heavy atom. The largest absolute Gasteiger partial charge is 0.354 e. The number of nitrogens with one attached hydrogen (secondary N) is 1. The second-order valence-electron chi connectivity index (χ2n) is 5.44. The van der Waals surface area contributed by atoms with E-state index in [1.165, 1.54) is 5.56 Å². The Labute approximate surface area is 128 Å². The van der Waals surface area contributed by atoms with Crippen LogP contribution in [0.5, 0.6) is 0 Å². The van der Waals surface area contributed by atoms with Crippen molar-refractivity contribution in [3.63, 3.8) is 0 Å². The number of benzene rings is 1. The number of hydrogen-bond acceptors (Lipinski definition) is 2. The standard InChI is InChI=1S/C18H18N2O2/c1-3-14-12(2)17(11-22)19-16(14)9-20-8-13(10-21)15-6-4-5-7-18(15)20/h4-8,10-11,19H,3,9H2,1-2H3. The fourth-order valence-electron chi connectivity index (χ4n) is 3.12. The maximum Gasteiger partial charge on any atom is 0.166 e. The Morgan fingerprint density at radius 2 is 1.95 bits per heavy atom. The lowest BCUT2D eigenvalue weighted by molar-refractivity contribution is 0.111. The van der Waals surface area contributed by atoms with Crippen LogP contribution in [0.4, 0.5) is 0 Å². The number of carbonyl (C=O) groups excluding carboxylic acids is 2. The predicted molar refractivity (Wildman–Crippen MR) is 86.7 cm³/mol. The molecule has 2 heterocycles. The molecular weight excluding hydrogens is 276 g/mol. The highest BCUT2D eigenvalue weighted by Crippen LogP contribution is 2.24. The molecule has 0 atom stereocenters. The zero-order valence-corrected chi connectivity index (χ0v) is 12.7. The topological polar surface area (TPSA) is 54.9 Å². The van der Waals surface area contributed by atoms with Crippen molar-refractivity contribution in [3.8, 4) is 0 Å². The number of aldehydes is 2. The molecule has 0 spiro atoms. The zero-order valence-electron chi connectivity index (χ0n) is 12.7. The van der Waals surface area contributed by atoms with Crippen LogP contribution in [0.1, 0.15) is 44.6 Å². The van der Waals surface area contributed by atoms with Gasteiger partial charge in [0.25, 0.3) is 0 Å². The predicted octanol–water partition coefficient (Wildman–Crippen LogP) is 3.51. The van der Waals surface area contributed by atoms with Crippen LogP contribution >= 0.6 is 0 Å². The molecule has 0 saturated carbocycles. The summed E-state index contributed by atoms with van der Waals surface area (Å²) >= 11 is 0. The molecule has 0 radical (unpaired) electrons. The molecule has 1 aromatic carbocycles. The highest BCUT2D eigenvalue weighted by atomic mass is 16.1. The Balaban J connectivity index is 2.11. The van der Waals surface area contributed by atoms with Gasteiger partial charge in [-0.15, -0.1) is 0 Å². The first kappa shape index (κ1) is 14.3. The van der Waals surface area contributed by atoms with Crippen molar-refractivity contribution in [3.05, 3.63) is 58.5 Å². The van der Waals surface area contributed by atoms with Crippen molar-refractivity contribution in [1.82, 2.24) is 9.55 Å². The van der Waals surface area contributed by atoms with Crippen molar-refractivity contribution in [2.75, 3.05) is 0 Å². The van der Waals surface area contributed by atoms with Gasteiger partial charge in [-0.05, 0) is 30.5 Å². The fraction of sp³-hybridized carbons (Fsp3) is 0.222. The van der Waals surface area contributed by atoms with Gasteiger partial charge in [-0.1, -0.05) is 25.1 Å². The second-order valence-corrected chi connectivity index (χ2v) is 5.44. The molecule has 112 valence electrons. The summed E-state index contributed by atoms with van der Waals surface area (Å²) in [4.78, 5) is 25.6. The smallest absolute Gasteiger partial charge is 0.166 e. The van der Waals surface area contributed by atoms with E-state index in [0.29, 0.717) is 17.8 Å². The van der Waals surface area contributed by atoms with Gasteiger partial charge in [0, 0.05) is 28.4 Å². The van der Waals surface area contributed by atoms with Crippen LogP contribution < -0.4 is 0 Å². The summed E-state index contributed by atoms with van der Waals surface area (Å²) in [5, 5.41) is 0.953. The van der Waals surface area contributed by atoms with Gasteiger partial charge in [-0.25, -0.2) is 0 Å². The SMILES string of the molecule is CCc1c(Cn2cc(C=O)c3ccccc32)[nH]c(C=O)c1C. The van der Waals surface area contributed by atoms with Gasteiger partial charge in [-0.2, -0.15) is 0 Å². The number of fused-ring (bicyclic) bond motifs is 1. The van der Waals surface area contributed by atoms with Gasteiger partial charge in [0.05, 0.1) is 12.2 Å². The van der Waals surface area contributed by atoms with Crippen molar-refractivity contribution < 1.29 is 9.59 Å². The van der Waals surface area contributed by atoms with E-state index in [4.69, 9.17) is 0 Å². The first-order valence-corrected chi connectivity index (χ1v) is 7.38. The van der Waals surface area contributed by atoms with Gasteiger partial charge < -0.3 is 9.55 Å². The van der Waals surface area contributed by atoms with Crippen LogP contribution in [0.25, 0.3) is 10.9 Å². The van der Waals surface area contributed by atoms with Crippen LogP contribution in [0, 0.1) is 6.92 Å². The maximum atomic E-state index is 11.2. The number of para-hydroxylation sites is 1. The molecule has 0 aliphatic heterocycles. The normalized spacial score (nSPS) is 11.0. The van der Waals surface area contributed by atoms with Gasteiger partial charge in [-0.3, -0.25) is 9.59 Å². The Hall–Kier alpha value is -2.62. The highest BCUT2D eigenvalue weighted by molar-refractivity contribution is 5.97. The lowest BCUT2D eigenvalue weighted by Gasteiger charge is -2.06. The van der Waals surface area contributed by atoms with Crippen molar-refractivity contribution in [2.24, 2.45) is 0 Å². The summed E-state index contributed by atoms with van der Waals surface area (Å²) in [7, 11) is 0. The van der Waals surface area contributed by atoms with Gasteiger partial charge >= 0.3 is 0 Å². The minimum absolute atomic E-state index is 0.617. The molecule has 3 aromatic rings. The number of carbonyl (C=O) groups is 2. The third-order valence-corrected chi connectivity index (χ3v) is 4.25. The molecule has 2 aromatic heterocycles. The molecule has 22 heavy (non-hydrogen) atoms. The molecule has 0 fully saturated rings. The number of nitrogens with zero attached hydrogens (tertiary/aromatic N) is 1. The van der Waals surface area contributed by atoms with Crippen molar-refractivity contribution >= 4 is 23.5 Å². The molecule has 3 rings (SSSR count). The first-order valence-electron chi connectivity index (χ1n) is 7.38. The van der Waals surface area contributed by atoms with E-state index in [0.717, 1.165) is 41.2 Å². The summed E-state index contributed by atoms with van der Waals surface area (Å²) in [6.07, 6.45) is 4.48. The Bertz CT molecular complexity index is 855. The van der Waals surface area contributed by atoms with Gasteiger partial charge in [0.2, 0.25) is 0 Å². The molecule has 1 N–H and O–H groups in total. The summed E-state index contributed by atoms with van der Waals surface area (Å²) in [5.74, 6) is 0. The quantitative estimate of drug-likeness (QED) is 0.732. The molecule has 4 heteroatoms. The van der Waals surface area contributed by atoms with E-state index in [2.05, 4.69) is 16.5 Å². The maximum absolute atomic E-state index is 11.2. The van der Waals surface area contributed by atoms with E-state index in [1.54, 1.807) is 0 Å². The Morgan fingerprint density at radius 3 is 2.64 bits per heavy atom. The molecule has 0 unspecified atom stereocenters. The van der Waals surface area contributed by atoms with Crippen LogP contribution in [0.2, 0.25) is 0 Å². The first-order chi connectivity index (χ1) is 10.7. The van der Waals surface area contributed by atoms with Crippen LogP contribution in [-0.4, -0.2) is 22.1 Å². The minimum atomic E-state index is 0.617. The second kappa shape index (κ2) is 5.64. The molecule has 0 aliphatic carbocycles. The molecular formula is C18H18N2O2. The third-order valence-electron chi connectivity index (χ3n) is 4.25. The molecule has 0 saturated heterocycles. The number of H-pyrrole nitrogens is 1. The molecule has 4 nitrogen and oxygen atoms in total. The fourth-order valence-corrected chi connectivity index (χ4v) is 3.12. The zero-order chi connectivity index (χ0) is 15.7. The molecule has 0 aliphatic rings. The monoisotopic (exact) mass is 294 g/mol. The summed E-state index contributed by atoms with van der Waals surface area (Å²) in [5.41, 5.74) is 5.56. The molecule has 0 bridgehead atoms. The van der Waals surface area contributed by atoms with Crippen molar-refractivity contribution in [2.45, 2.75) is 26.8 Å². The van der Waals surface area contributed by atoms with E-state index in [-0.39, 0.29) is 0 Å². The molecule has 0 amide bonds. The van der Waals surface area contributed by atoms with Gasteiger partial charge in [0.1, 0.15) is 0 Å². The minimum Gasteiger partial charge on any atom is -0.354 e. The summed E-state index contributed by atoms with van der Waals surface area (Å²) in [6.45, 7) is 4.66. The van der Waals surface area contributed by atoms with Crippen LogP contribution in [0.15, 0.2) is 30.5 Å². The van der Waals surface area contributed by atoms with Crippen LogP contribution in [0.3, 0.4) is 0 Å². The summed E-state index contributed by atoms with van der Waals surface area (Å²) < 4.78 is 2.05. The van der Waals surface area contributed by atoms with E-state index in [9.17, 15) is 9.59 Å². The highest BCUT2D eigenvalue weighted by Gasteiger charge is 2.14. The number of rotatable bonds is 5. The summed E-state index contributed by atoms with van der Waals surface area (Å²) in [6, 6.07) is 7.85. The third kappa shape index (κ3) is 2.17. The number of aromatic nitrogens is 2. The lowest BCUT2D eigenvalue weighted by Crippen LogP contribution is -2.01. The number of hydrogen-bond donors (Lipinski definition) is 1. The van der Waals surface area contributed by atoms with Crippen molar-refractivity contribution in [1.29, 1.82) is 0 Å². The lowest BCUT2D eigenvalue weighted by atomic mass is 10.1.